The Morgan fingerprint density at radius 2 is 0.964 bits per heavy atom. The number of aliphatic hydroxyl groups excluding tert-OH is 2. The smallest absolute Gasteiger partial charge is 0.305 e. The number of amides is 15. The molecule has 138 heavy (non-hydrogen) atoms. The van der Waals surface area contributed by atoms with Crippen LogP contribution in [0.25, 0.3) is 10.9 Å². The molecule has 15 amide bonds. The van der Waals surface area contributed by atoms with Gasteiger partial charge in [0.15, 0.2) is 17.5 Å². The second kappa shape index (κ2) is 49.7. The highest BCUT2D eigenvalue weighted by Crippen LogP contribution is 2.29. The Bertz CT molecular complexity index is 5510. The maximum absolute atomic E-state index is 15.8. The number of benzene rings is 6. The lowest BCUT2D eigenvalue weighted by Gasteiger charge is -2.38. The Labute approximate surface area is 797 Å². The lowest BCUT2D eigenvalue weighted by molar-refractivity contribution is -0.152. The van der Waals surface area contributed by atoms with Crippen LogP contribution in [0.5, 0.6) is 11.5 Å². The fourth-order valence-electron chi connectivity index (χ4n) is 16.9. The summed E-state index contributed by atoms with van der Waals surface area (Å²) in [6, 6.07) is 12.9. The number of phenols is 2. The Kier molecular flexibility index (Phi) is 38.2. The van der Waals surface area contributed by atoms with Gasteiger partial charge in [-0.25, -0.2) is 13.2 Å². The molecule has 15 atom stereocenters. The number of likely N-dealkylation sites (N-methyl/N-ethyl adjacent to an activating group) is 3. The zero-order chi connectivity index (χ0) is 100. The fourth-order valence-corrected chi connectivity index (χ4v) is 17.8. The van der Waals surface area contributed by atoms with E-state index in [4.69, 9.17) is 11.5 Å². The monoisotopic (exact) mass is 1930 g/mol. The average molecular weight is 1940 g/mol. The highest BCUT2D eigenvalue weighted by Gasteiger charge is 2.48. The molecule has 0 saturated carbocycles. The van der Waals surface area contributed by atoms with Crippen LogP contribution in [0.15, 0.2) is 152 Å². The summed E-state index contributed by atoms with van der Waals surface area (Å²) < 4.78 is 45.2. The van der Waals surface area contributed by atoms with Gasteiger partial charge in [0, 0.05) is 108 Å². The molecule has 42 heteroatoms. The van der Waals surface area contributed by atoms with E-state index in [2.05, 4.69) is 52.8 Å². The molecule has 0 bridgehead atoms. The van der Waals surface area contributed by atoms with E-state index in [9.17, 15) is 63.5 Å². The number of H-pyrrole nitrogens is 1. The lowest BCUT2D eigenvalue weighted by atomic mass is 9.98. The number of nitrogens with two attached hydrogens (primary N) is 2. The van der Waals surface area contributed by atoms with Crippen LogP contribution in [0, 0.1) is 23.4 Å². The number of carbonyl (C=O) groups is 16. The van der Waals surface area contributed by atoms with Crippen LogP contribution in [0.2, 0.25) is 0 Å². The predicted octanol–water partition coefficient (Wildman–Crippen LogP) is 0.443. The van der Waals surface area contributed by atoms with Crippen molar-refractivity contribution in [3.63, 3.8) is 0 Å². The first-order valence-corrected chi connectivity index (χ1v) is 46.4. The van der Waals surface area contributed by atoms with E-state index >= 15 is 51.9 Å². The molecule has 3 saturated heterocycles. The zero-order valence-corrected chi connectivity index (χ0v) is 77.8. The second-order valence-corrected chi connectivity index (χ2v) is 36.1. The van der Waals surface area contributed by atoms with Gasteiger partial charge in [-0.3, -0.25) is 76.7 Å². The molecule has 19 N–H and O–H groups in total. The average Bonchev–Trinajstić information content (AvgIpc) is 1.81. The minimum atomic E-state index is -2.06. The van der Waals surface area contributed by atoms with Crippen LogP contribution in [0.3, 0.4) is 0 Å². The predicted molar refractivity (Wildman–Crippen MR) is 498 cm³/mol. The van der Waals surface area contributed by atoms with Crippen molar-refractivity contribution in [3.05, 3.63) is 203 Å². The second-order valence-electron chi connectivity index (χ2n) is 35.0. The third-order valence-electron chi connectivity index (χ3n) is 24.4. The molecule has 0 unspecified atom stereocenters. The Morgan fingerprint density at radius 3 is 1.52 bits per heavy atom. The summed E-state index contributed by atoms with van der Waals surface area (Å²) in [4.78, 5) is 247. The number of aliphatic hydroxyl groups is 2. The molecule has 0 aliphatic carbocycles. The molecule has 0 spiro atoms. The molecule has 4 heterocycles. The van der Waals surface area contributed by atoms with E-state index in [1.165, 1.54) is 76.5 Å². The quantitative estimate of drug-likeness (QED) is 0.0365. The number of primary amides is 1. The Hall–Kier alpha value is -14.0. The van der Waals surface area contributed by atoms with E-state index in [0.29, 0.717) is 69.0 Å². The number of rotatable bonds is 24. The first-order valence-electron chi connectivity index (χ1n) is 45.3. The molecule has 10 rings (SSSR count). The van der Waals surface area contributed by atoms with Crippen molar-refractivity contribution in [2.45, 2.75) is 201 Å². The number of aromatic amines is 1. The number of phenolic OH excluding ortho intramolecular Hbond substituents is 2. The molecule has 0 radical (unpaired) electrons. The molecule has 3 aliphatic heterocycles. The summed E-state index contributed by atoms with van der Waals surface area (Å²) in [7, 11) is 3.61. The Morgan fingerprint density at radius 1 is 0.493 bits per heavy atom. The molecule has 1 aromatic heterocycles. The number of aromatic nitrogens is 1. The number of carboxylic acid groups (broad SMARTS) is 1. The minimum Gasteiger partial charge on any atom is -0.508 e. The number of hydrogen-bond acceptors (Lipinski definition) is 22. The van der Waals surface area contributed by atoms with Crippen molar-refractivity contribution < 1.29 is 115 Å². The maximum Gasteiger partial charge on any atom is 0.305 e. The normalized spacial score (nSPS) is 24.2. The van der Waals surface area contributed by atoms with E-state index in [1.807, 2.05) is 0 Å². The van der Waals surface area contributed by atoms with E-state index < -0.39 is 278 Å². The van der Waals surface area contributed by atoms with Crippen molar-refractivity contribution in [3.8, 4) is 11.5 Å². The van der Waals surface area contributed by atoms with Gasteiger partial charge in [0.1, 0.15) is 90.0 Å². The van der Waals surface area contributed by atoms with Crippen LogP contribution >= 0.6 is 11.8 Å². The summed E-state index contributed by atoms with van der Waals surface area (Å²) in [6.07, 6.45) is -5.89. The summed E-state index contributed by atoms with van der Waals surface area (Å²) in [5.74, 6) is -25.4. The molecule has 740 valence electrons. The van der Waals surface area contributed by atoms with Crippen molar-refractivity contribution >= 4 is 117 Å². The van der Waals surface area contributed by atoms with E-state index in [1.54, 1.807) is 98.0 Å². The number of carboxylic acids is 1. The number of aliphatic carboxylic acids is 1. The van der Waals surface area contributed by atoms with Gasteiger partial charge in [-0.2, -0.15) is 0 Å². The minimum absolute atomic E-state index is 0.00243. The molecule has 7 aromatic rings. The number of hydrogen-bond donors (Lipinski definition) is 17. The fraction of sp³-hybridized carbons (Fsp3) is 0.438. The Balaban J connectivity index is 1.07. The van der Waals surface area contributed by atoms with Gasteiger partial charge < -0.3 is 114 Å². The van der Waals surface area contributed by atoms with Gasteiger partial charge in [-0.1, -0.05) is 137 Å². The molecular weight excluding hydrogens is 1820 g/mol. The number of nitrogens with zero attached hydrogens (tertiary/aromatic N) is 5. The van der Waals surface area contributed by atoms with Crippen LogP contribution in [0.4, 0.5) is 13.2 Å². The van der Waals surface area contributed by atoms with E-state index in [-0.39, 0.29) is 69.4 Å². The van der Waals surface area contributed by atoms with Gasteiger partial charge in [-0.05, 0) is 108 Å². The molecule has 3 fully saturated rings. The van der Waals surface area contributed by atoms with Gasteiger partial charge in [-0.15, -0.1) is 11.8 Å². The number of fused-ring (bicyclic) bond motifs is 3. The van der Waals surface area contributed by atoms with Gasteiger partial charge in [0.25, 0.3) is 0 Å². The van der Waals surface area contributed by atoms with Crippen molar-refractivity contribution in [1.29, 1.82) is 0 Å². The van der Waals surface area contributed by atoms with Crippen molar-refractivity contribution in [2.24, 2.45) is 17.4 Å². The summed E-state index contributed by atoms with van der Waals surface area (Å²) in [5, 5.41) is 78.2. The first kappa shape index (κ1) is 106. The van der Waals surface area contributed by atoms with Crippen LogP contribution in [-0.2, 0) is 115 Å². The number of carbonyl (C=O) groups excluding carboxylic acids is 15. The number of nitrogens with one attached hydrogen (secondary N) is 10. The van der Waals surface area contributed by atoms with Crippen LogP contribution < -0.4 is 59.3 Å². The highest BCUT2D eigenvalue weighted by molar-refractivity contribution is 8.00. The lowest BCUT2D eigenvalue weighted by Crippen LogP contribution is -2.62. The van der Waals surface area contributed by atoms with E-state index in [0.717, 1.165) is 31.5 Å². The standard InChI is InChI=1S/C96H118F3N17O21S/c1-7-8-25-74-95(136)116-49-62(120)44-77(116)91(132)108-70(45-81(123)124)88(129)111-83(52(2)3)96(137)113(5)75(40-53-18-11-9-12-19-53)89(130)109-72(38-56-28-32-60(118)33-29-56)93(134)115-48-61(119)43-76(115)90(131)107-69(42-58-46-102-66-23-16-15-22-63(58)66)87(128)106-68(37-55-26-30-59(117)31-27-55)86(127)105-67(24-17-34-100)85(126)110-73(84(125)103-47-79(101)121)50-138-51-80(122)104-71(39-57-35-64(97)82(99)65(98)36-57)92(133)114(6)78(94(135)112(74)4)41-54-20-13-10-14-21-54/h9-16,18-23,26-33,35-36,46,52,61-62,67-78,83,102,117-120H,7-8,17,24-25,34,37-45,47-51,100H2,1-6H3,(H2,101,121)(H,103,125)(H,104,122)(H,105,127)(H,106,128)(H,107,131)(H,108,132)(H,109,130)(H,110,126)(H,111,129)(H,123,124)/t61-,62+,67-,68-,69-,70-,71-,72+,73-,74-,75+,76+,77+,78-,83-/m0/s1. The van der Waals surface area contributed by atoms with Crippen molar-refractivity contribution in [2.75, 3.05) is 58.8 Å². The third kappa shape index (κ3) is 28.8. The zero-order valence-electron chi connectivity index (χ0n) is 77.0. The van der Waals surface area contributed by atoms with Gasteiger partial charge >= 0.3 is 5.97 Å². The third-order valence-corrected chi connectivity index (χ3v) is 25.5. The molecule has 3 aliphatic rings. The molecular formula is C96H118F3N17O21S. The number of aromatic hydroxyl groups is 2. The highest BCUT2D eigenvalue weighted by atomic mass is 32.2. The summed E-state index contributed by atoms with van der Waals surface area (Å²) >= 11 is 0.634. The number of para-hydroxylation sites is 1. The molecule has 38 nitrogen and oxygen atoms in total. The number of thioether (sulfide) groups is 1. The summed E-state index contributed by atoms with van der Waals surface area (Å²) in [6.45, 7) is 2.76. The van der Waals surface area contributed by atoms with Crippen LogP contribution in [-0.4, -0.2) is 299 Å². The molecule has 6 aromatic carbocycles. The topological polar surface area (TPSA) is 567 Å². The largest absolute Gasteiger partial charge is 0.508 e. The summed E-state index contributed by atoms with van der Waals surface area (Å²) in [5.41, 5.74) is 13.6. The van der Waals surface area contributed by atoms with Crippen molar-refractivity contribution in [1.82, 2.24) is 77.3 Å². The van der Waals surface area contributed by atoms with Crippen LogP contribution in [0.1, 0.15) is 106 Å². The number of halogens is 3. The van der Waals surface area contributed by atoms with Gasteiger partial charge in [0.05, 0.1) is 30.9 Å². The number of unbranched alkanes of at least 4 members (excludes halogenated alkanes) is 1. The SMILES string of the molecule is CCCC[C@H]1C(=O)N2C[C@H](O)C[C@@H]2C(=O)N[C@@H](CC(=O)O)C(=O)N[C@@H](C(C)C)C(=O)N(C)[C@H](Cc2ccccc2)C(=O)N[C@H](Cc2ccc(O)cc2)C(=O)N2C[C@@H](O)C[C@@H]2C(=O)N[C@@H](Cc2c[nH]c3ccccc23)C(=O)N[C@@H](Cc2ccc(O)cc2)C(=O)N[C@@H](CCCN)C(=O)N[C@H](C(=O)NCC(N)=O)CSCC(=O)N[C@@H](Cc2cc(F)c(F)c(F)c2)C(=O)N(C)[C@@H](Cc2ccccc2)C(=O)N1C. The first-order chi connectivity index (χ1) is 65.7. The maximum atomic E-state index is 15.8. The van der Waals surface area contributed by atoms with Gasteiger partial charge in [0.2, 0.25) is 88.6 Å².